The first kappa shape index (κ1) is 52.5. The van der Waals surface area contributed by atoms with Gasteiger partial charge in [0.2, 0.25) is 17.2 Å². The summed E-state index contributed by atoms with van der Waals surface area (Å²) < 4.78 is 97.4. The SMILES string of the molecule is CC[N+]1=c2cc3c(cc2CCC1)=Nc1cc2c(cc1O3)N(CCCC(=O)NCC#Cc1cn([C@H]3C[C@H](O)[C@@H](COP(=O)(O)OP(=O)(O)OP(=O)(O)O)O3)c3nc(N)[nH]c(=O)c13)C(C)(C)CC2CS(=O)(=O)O. The Balaban J connectivity index is 0.933. The number of H-pyrrole nitrogens is 1. The Morgan fingerprint density at radius 1 is 1.11 bits per heavy atom. The average Bonchev–Trinajstić information content (AvgIpc) is 3.80. The highest BCUT2D eigenvalue weighted by Crippen LogP contribution is 2.66. The highest BCUT2D eigenvalue weighted by molar-refractivity contribution is 7.85. The number of phosphoric acid groups is 3. The molecule has 3 unspecified atom stereocenters. The number of amides is 1. The Morgan fingerprint density at radius 2 is 1.87 bits per heavy atom. The van der Waals surface area contributed by atoms with E-state index < -0.39 is 81.4 Å². The summed E-state index contributed by atoms with van der Waals surface area (Å²) >= 11 is 0. The maximum Gasteiger partial charge on any atom is 0.490 e. The molecule has 10 N–H and O–H groups in total. The van der Waals surface area contributed by atoms with Crippen molar-refractivity contribution in [2.24, 2.45) is 4.99 Å². The van der Waals surface area contributed by atoms with Gasteiger partial charge in [0.05, 0.1) is 42.0 Å². The van der Waals surface area contributed by atoms with Gasteiger partial charge in [-0.05, 0) is 57.7 Å². The molecule has 6 atom stereocenters. The molecule has 4 aromatic rings. The second-order valence-electron chi connectivity index (χ2n) is 17.9. The first-order valence-corrected chi connectivity index (χ1v) is 28.3. The zero-order valence-electron chi connectivity index (χ0n) is 38.3. The highest BCUT2D eigenvalue weighted by Gasteiger charge is 2.44. The zero-order chi connectivity index (χ0) is 51.4. The quantitative estimate of drug-likeness (QED) is 0.0294. The lowest BCUT2D eigenvalue weighted by Crippen LogP contribution is -2.50. The van der Waals surface area contributed by atoms with Gasteiger partial charge < -0.3 is 54.7 Å². The van der Waals surface area contributed by atoms with Crippen LogP contribution in [0.5, 0.6) is 11.5 Å². The molecule has 6 heterocycles. The topological polar surface area (TPSA) is 377 Å². The molecule has 30 heteroatoms. The van der Waals surface area contributed by atoms with Gasteiger partial charge >= 0.3 is 23.5 Å². The van der Waals surface area contributed by atoms with Gasteiger partial charge in [-0.25, -0.2) is 23.3 Å². The number of aromatic nitrogens is 3. The van der Waals surface area contributed by atoms with Gasteiger partial charge in [0.25, 0.3) is 15.7 Å². The molecule has 384 valence electrons. The molecule has 0 spiro atoms. The Kier molecular flexibility index (Phi) is 14.7. The van der Waals surface area contributed by atoms with Crippen LogP contribution < -0.4 is 41.5 Å². The standard InChI is InChI=1S/C41H51N8O18P3S/c1-4-47-12-6-9-23-14-27-32(16-29(23)47)64-33-17-30-26(15-28(33)44-27)25(22-71(60,61)62)19-41(2,3)49(30)13-7-10-35(51)43-11-5-8-24-20-48(38-37(24)39(52)46-40(42)45-38)36-18-31(50)34(65-36)21-63-69(56,57)67-70(58,59)66-68(53,54)55/h14-17,20,25,31,34,36,50H,4,6-7,9-13,18-19,21-22H2,1-3H3,(H8-,42,43,45,46,51,52,53,54,55,56,57,58,59,60,61,62)/p+1/t25?,31-,34+,36+/m0/s1. The summed E-state index contributed by atoms with van der Waals surface area (Å²) in [5, 5.41) is 15.2. The van der Waals surface area contributed by atoms with E-state index in [1.165, 1.54) is 16.3 Å². The van der Waals surface area contributed by atoms with Gasteiger partial charge in [0.15, 0.2) is 17.1 Å². The van der Waals surface area contributed by atoms with Crippen LogP contribution in [0.2, 0.25) is 0 Å². The number of aryl methyl sites for hydroxylation is 1. The summed E-state index contributed by atoms with van der Waals surface area (Å²) in [6.45, 7) is 7.15. The first-order chi connectivity index (χ1) is 33.2. The van der Waals surface area contributed by atoms with Crippen LogP contribution in [0, 0.1) is 11.8 Å². The summed E-state index contributed by atoms with van der Waals surface area (Å²) in [4.78, 5) is 76.7. The van der Waals surface area contributed by atoms with Crippen molar-refractivity contribution in [3.8, 4) is 23.3 Å². The average molecular weight is 1070 g/mol. The third-order valence-corrected chi connectivity index (χ3v) is 17.0. The van der Waals surface area contributed by atoms with E-state index in [0.717, 1.165) is 31.3 Å². The summed E-state index contributed by atoms with van der Waals surface area (Å²) in [7, 11) is -21.3. The van der Waals surface area contributed by atoms with Gasteiger partial charge in [0, 0.05) is 60.8 Å². The minimum absolute atomic E-state index is 0.0232. The largest absolute Gasteiger partial charge is 0.490 e. The number of rotatable bonds is 16. The lowest BCUT2D eigenvalue weighted by atomic mass is 9.79. The molecule has 1 saturated heterocycles. The summed E-state index contributed by atoms with van der Waals surface area (Å²) in [5.41, 5.74) is 7.75. The zero-order valence-corrected chi connectivity index (χ0v) is 41.8. The molecule has 26 nitrogen and oxygen atoms in total. The molecule has 4 aliphatic heterocycles. The predicted molar refractivity (Wildman–Crippen MR) is 252 cm³/mol. The maximum atomic E-state index is 13.2. The van der Waals surface area contributed by atoms with E-state index in [-0.39, 0.29) is 47.8 Å². The predicted octanol–water partition coefficient (Wildman–Crippen LogP) is 1.72. The van der Waals surface area contributed by atoms with Crippen LogP contribution in [-0.2, 0) is 52.9 Å². The number of nitrogens with zero attached hydrogens (tertiary/aromatic N) is 5. The summed E-state index contributed by atoms with van der Waals surface area (Å²) in [6, 6.07) is 7.75. The van der Waals surface area contributed by atoms with E-state index in [2.05, 4.69) is 56.7 Å². The molecule has 0 radical (unpaired) electrons. The van der Waals surface area contributed by atoms with Crippen molar-refractivity contribution < 1.29 is 78.8 Å². The Hall–Kier alpha value is -4.87. The van der Waals surface area contributed by atoms with E-state index >= 15 is 0 Å². The fraction of sp³-hybridized carbons (Fsp3) is 0.488. The number of nitrogen functional groups attached to an aromatic ring is 1. The number of nitrogens with two attached hydrogens (primary N) is 1. The third kappa shape index (κ3) is 12.2. The minimum Gasteiger partial charge on any atom is -0.452 e. The number of aromatic amines is 1. The van der Waals surface area contributed by atoms with Gasteiger partial charge in [0.1, 0.15) is 36.5 Å². The number of nitrogens with one attached hydrogen (secondary N) is 2. The molecule has 8 rings (SSSR count). The molecule has 71 heavy (non-hydrogen) atoms. The van der Waals surface area contributed by atoms with E-state index in [0.29, 0.717) is 53.2 Å². The number of anilines is 2. The normalized spacial score (nSPS) is 22.1. The Bertz CT molecular complexity index is 3330. The number of ether oxygens (including phenoxy) is 2. The van der Waals surface area contributed by atoms with Crippen molar-refractivity contribution in [2.45, 2.75) is 89.2 Å². The molecule has 0 saturated carbocycles. The van der Waals surface area contributed by atoms with Crippen molar-refractivity contribution in [3.63, 3.8) is 0 Å². The number of fused-ring (bicyclic) bond motifs is 5. The molecule has 0 aliphatic carbocycles. The van der Waals surface area contributed by atoms with Crippen LogP contribution in [0.15, 0.2) is 40.2 Å². The number of aliphatic hydroxyl groups is 1. The maximum absolute atomic E-state index is 13.2. The highest BCUT2D eigenvalue weighted by atomic mass is 32.2. The van der Waals surface area contributed by atoms with Crippen molar-refractivity contribution in [3.05, 3.63) is 68.2 Å². The fourth-order valence-electron chi connectivity index (χ4n) is 9.46. The Labute approximate surface area is 404 Å². The van der Waals surface area contributed by atoms with E-state index in [9.17, 15) is 51.1 Å². The number of phosphoric ester groups is 1. The van der Waals surface area contributed by atoms with Crippen LogP contribution in [0.3, 0.4) is 0 Å². The fourth-order valence-corrected chi connectivity index (χ4v) is 13.3. The molecule has 2 aromatic heterocycles. The second-order valence-corrected chi connectivity index (χ2v) is 23.9. The van der Waals surface area contributed by atoms with Crippen LogP contribution in [0.1, 0.15) is 81.7 Å². The Morgan fingerprint density at radius 3 is 2.59 bits per heavy atom. The van der Waals surface area contributed by atoms with E-state index in [1.807, 2.05) is 38.1 Å². The van der Waals surface area contributed by atoms with Crippen LogP contribution in [0.25, 0.3) is 11.0 Å². The molecule has 2 aromatic carbocycles. The molecule has 1 amide bonds. The van der Waals surface area contributed by atoms with Crippen molar-refractivity contribution in [1.29, 1.82) is 0 Å². The van der Waals surface area contributed by atoms with Crippen molar-refractivity contribution >= 4 is 67.8 Å². The van der Waals surface area contributed by atoms with E-state index in [1.54, 1.807) is 0 Å². The number of hydrogen-bond acceptors (Lipinski definition) is 17. The molecule has 1 fully saturated rings. The third-order valence-electron chi connectivity index (χ3n) is 12.4. The number of hydrogen-bond donors (Lipinski definition) is 9. The van der Waals surface area contributed by atoms with Gasteiger partial charge in [-0.1, -0.05) is 11.8 Å². The summed E-state index contributed by atoms with van der Waals surface area (Å²) in [5.74, 6) is 5.09. The van der Waals surface area contributed by atoms with Crippen LogP contribution >= 0.6 is 23.5 Å². The number of carbonyl (C=O) groups is 1. The van der Waals surface area contributed by atoms with Gasteiger partial charge in [-0.2, -0.15) is 22.0 Å². The van der Waals surface area contributed by atoms with Crippen molar-refractivity contribution in [1.82, 2.24) is 24.4 Å². The lowest BCUT2D eigenvalue weighted by Gasteiger charge is -2.48. The molecular weight excluding hydrogens is 1020 g/mol. The summed E-state index contributed by atoms with van der Waals surface area (Å²) in [6.07, 6.45) is 0.0338. The van der Waals surface area contributed by atoms with Crippen LogP contribution in [-0.4, -0.2) is 114 Å². The molecule has 0 bridgehead atoms. The number of benzene rings is 2. The minimum atomic E-state index is -5.80. The molecule has 4 aliphatic rings. The van der Waals surface area contributed by atoms with Gasteiger partial charge in [-0.3, -0.25) is 23.6 Å². The number of carbonyl (C=O) groups excluding carboxylic acids is 1. The van der Waals surface area contributed by atoms with Crippen molar-refractivity contribution in [2.75, 3.05) is 49.2 Å². The smallest absolute Gasteiger partial charge is 0.452 e. The van der Waals surface area contributed by atoms with Gasteiger partial charge in [-0.15, -0.1) is 0 Å². The number of aliphatic hydroxyl groups excluding tert-OH is 1. The first-order valence-electron chi connectivity index (χ1n) is 22.2. The lowest BCUT2D eigenvalue weighted by molar-refractivity contribution is -0.120. The molecular formula is C41H52N8O18P3S+. The second kappa shape index (κ2) is 19.9. The monoisotopic (exact) mass is 1070 g/mol. The van der Waals surface area contributed by atoms with Crippen LogP contribution in [0.4, 0.5) is 17.3 Å². The van der Waals surface area contributed by atoms with E-state index in [4.69, 9.17) is 30.0 Å².